The van der Waals surface area contributed by atoms with Gasteiger partial charge in [0.1, 0.15) is 15.5 Å². The zero-order valence-corrected chi connectivity index (χ0v) is 19.9. The van der Waals surface area contributed by atoms with E-state index in [1.54, 1.807) is 41.6 Å². The van der Waals surface area contributed by atoms with Gasteiger partial charge in [-0.25, -0.2) is 19.7 Å². The van der Waals surface area contributed by atoms with Gasteiger partial charge in [-0.15, -0.1) is 11.3 Å². The monoisotopic (exact) mass is 478 g/mol. The summed E-state index contributed by atoms with van der Waals surface area (Å²) in [4.78, 5) is 51.0. The van der Waals surface area contributed by atoms with E-state index in [-0.39, 0.29) is 17.9 Å². The fraction of sp³-hybridized carbons (Fsp3) is 0.292. The second-order valence-corrected chi connectivity index (χ2v) is 8.57. The minimum atomic E-state index is -0.392. The van der Waals surface area contributed by atoms with E-state index in [1.165, 1.54) is 22.3 Å². The number of nitrogens with one attached hydrogen (secondary N) is 2. The molecule has 1 saturated heterocycles. The SMILES string of the molecule is C=CC(=O)N1CCCC(NC(=O)c2sc3nccc4c3c2NC(=O)N4c2ccccn2)C1.CC. The van der Waals surface area contributed by atoms with Crippen LogP contribution in [0.3, 0.4) is 0 Å². The van der Waals surface area contributed by atoms with Gasteiger partial charge >= 0.3 is 6.03 Å². The van der Waals surface area contributed by atoms with E-state index >= 15 is 0 Å². The van der Waals surface area contributed by atoms with Gasteiger partial charge in [0.2, 0.25) is 5.91 Å². The molecule has 0 radical (unpaired) electrons. The van der Waals surface area contributed by atoms with Gasteiger partial charge in [-0.1, -0.05) is 26.5 Å². The Morgan fingerprint density at radius 1 is 1.24 bits per heavy atom. The van der Waals surface area contributed by atoms with Crippen LogP contribution >= 0.6 is 11.3 Å². The predicted octanol–water partition coefficient (Wildman–Crippen LogP) is 4.31. The molecule has 0 saturated carbocycles. The van der Waals surface area contributed by atoms with Gasteiger partial charge in [0.25, 0.3) is 5.91 Å². The number of carbonyl (C=O) groups excluding carboxylic acids is 3. The first kappa shape index (κ1) is 23.4. The third-order valence-corrected chi connectivity index (χ3v) is 6.67. The number of nitrogens with zero attached hydrogens (tertiary/aromatic N) is 4. The fourth-order valence-electron chi connectivity index (χ4n) is 4.13. The minimum Gasteiger partial charge on any atom is -0.347 e. The average molecular weight is 479 g/mol. The lowest BCUT2D eigenvalue weighted by Crippen LogP contribution is -2.49. The van der Waals surface area contributed by atoms with Gasteiger partial charge in [-0.2, -0.15) is 0 Å². The highest BCUT2D eigenvalue weighted by Gasteiger charge is 2.34. The Labute approximate surface area is 201 Å². The normalized spacial score (nSPS) is 16.9. The Kier molecular flexibility index (Phi) is 6.87. The summed E-state index contributed by atoms with van der Waals surface area (Å²) in [5.74, 6) is 0.0459. The van der Waals surface area contributed by atoms with Gasteiger partial charge in [-0.05, 0) is 37.1 Å². The number of pyridine rings is 2. The zero-order valence-electron chi connectivity index (χ0n) is 19.1. The third kappa shape index (κ3) is 4.24. The first-order chi connectivity index (χ1) is 16.6. The van der Waals surface area contributed by atoms with Crippen LogP contribution in [0, 0.1) is 0 Å². The first-order valence-corrected chi connectivity index (χ1v) is 12.0. The Morgan fingerprint density at radius 2 is 2.06 bits per heavy atom. The van der Waals surface area contributed by atoms with E-state index in [0.717, 1.165) is 12.8 Å². The van der Waals surface area contributed by atoms with E-state index in [4.69, 9.17) is 0 Å². The smallest absolute Gasteiger partial charge is 0.332 e. The third-order valence-electron chi connectivity index (χ3n) is 5.57. The Balaban J connectivity index is 0.00000133. The molecule has 10 heteroatoms. The molecule has 0 aromatic carbocycles. The van der Waals surface area contributed by atoms with Crippen molar-refractivity contribution in [2.75, 3.05) is 23.3 Å². The molecule has 34 heavy (non-hydrogen) atoms. The van der Waals surface area contributed by atoms with E-state index in [0.29, 0.717) is 45.4 Å². The number of hydrogen-bond donors (Lipinski definition) is 2. The van der Waals surface area contributed by atoms with Crippen molar-refractivity contribution < 1.29 is 14.4 Å². The molecule has 2 aliphatic heterocycles. The van der Waals surface area contributed by atoms with Crippen LogP contribution in [0.4, 0.5) is 22.0 Å². The van der Waals surface area contributed by atoms with Crippen LogP contribution in [0.5, 0.6) is 0 Å². The fourth-order valence-corrected chi connectivity index (χ4v) is 5.16. The van der Waals surface area contributed by atoms with Crippen molar-refractivity contribution in [3.8, 4) is 0 Å². The summed E-state index contributed by atoms with van der Waals surface area (Å²) in [6.07, 6.45) is 6.10. The molecule has 1 fully saturated rings. The number of amides is 4. The maximum absolute atomic E-state index is 13.2. The summed E-state index contributed by atoms with van der Waals surface area (Å²) in [6.45, 7) is 8.62. The van der Waals surface area contributed by atoms with Gasteiger partial charge in [0.15, 0.2) is 0 Å². The molecule has 9 nitrogen and oxygen atoms in total. The Hall–Kier alpha value is -3.79. The largest absolute Gasteiger partial charge is 0.347 e. The van der Waals surface area contributed by atoms with E-state index < -0.39 is 6.03 Å². The van der Waals surface area contributed by atoms with Gasteiger partial charge in [0.05, 0.1) is 16.8 Å². The maximum Gasteiger partial charge on any atom is 0.332 e. The zero-order chi connectivity index (χ0) is 24.2. The number of aromatic nitrogens is 2. The number of thiophene rings is 1. The molecule has 0 aliphatic carbocycles. The highest BCUT2D eigenvalue weighted by molar-refractivity contribution is 7.21. The molecule has 2 N–H and O–H groups in total. The van der Waals surface area contributed by atoms with Crippen molar-refractivity contribution in [2.45, 2.75) is 32.7 Å². The molecule has 5 heterocycles. The molecule has 2 aliphatic rings. The highest BCUT2D eigenvalue weighted by Crippen LogP contribution is 2.45. The standard InChI is InChI=1S/C22H20N6O3S.C2H6/c1-2-16(29)27-11-5-6-13(12-27)25-20(30)19-18-17-14(8-10-24-21(17)32-19)28(22(31)26-18)15-7-3-4-9-23-15;1-2/h2-4,7-10,13H,1,5-6,11-12H2,(H,25,30)(H,26,31);1-2H3. The number of hydrogen-bond acceptors (Lipinski definition) is 6. The van der Waals surface area contributed by atoms with Crippen LogP contribution in [0.1, 0.15) is 36.4 Å². The molecule has 176 valence electrons. The molecule has 0 spiro atoms. The maximum atomic E-state index is 13.2. The van der Waals surface area contributed by atoms with Crippen LogP contribution in [0.25, 0.3) is 10.2 Å². The topological polar surface area (TPSA) is 108 Å². The molecular formula is C24H26N6O3S. The molecule has 1 atom stereocenters. The second-order valence-electron chi connectivity index (χ2n) is 7.57. The number of urea groups is 1. The van der Waals surface area contributed by atoms with Crippen molar-refractivity contribution >= 4 is 56.6 Å². The van der Waals surface area contributed by atoms with Crippen molar-refractivity contribution in [1.82, 2.24) is 20.2 Å². The van der Waals surface area contributed by atoms with E-state index in [1.807, 2.05) is 13.8 Å². The predicted molar refractivity (Wildman–Crippen MR) is 134 cm³/mol. The lowest BCUT2D eigenvalue weighted by atomic mass is 10.1. The number of carbonyl (C=O) groups is 3. The summed E-state index contributed by atoms with van der Waals surface area (Å²) in [7, 11) is 0. The summed E-state index contributed by atoms with van der Waals surface area (Å²) in [5, 5.41) is 6.58. The minimum absolute atomic E-state index is 0.142. The quantitative estimate of drug-likeness (QED) is 0.544. The Morgan fingerprint density at radius 3 is 2.79 bits per heavy atom. The molecule has 3 aromatic rings. The molecule has 4 amide bonds. The number of likely N-dealkylation sites (tertiary alicyclic amines) is 1. The van der Waals surface area contributed by atoms with E-state index in [2.05, 4.69) is 27.2 Å². The number of anilines is 3. The molecule has 5 rings (SSSR count). The van der Waals surface area contributed by atoms with Crippen molar-refractivity contribution in [2.24, 2.45) is 0 Å². The van der Waals surface area contributed by atoms with Crippen molar-refractivity contribution in [3.05, 3.63) is 54.2 Å². The summed E-state index contributed by atoms with van der Waals surface area (Å²) < 4.78 is 0. The van der Waals surface area contributed by atoms with Crippen LogP contribution in [0.15, 0.2) is 49.3 Å². The summed E-state index contributed by atoms with van der Waals surface area (Å²) >= 11 is 1.23. The van der Waals surface area contributed by atoms with Gasteiger partial charge in [-0.3, -0.25) is 9.59 Å². The molecular weight excluding hydrogens is 452 g/mol. The van der Waals surface area contributed by atoms with Crippen LogP contribution in [-0.4, -0.2) is 51.8 Å². The second kappa shape index (κ2) is 10.0. The van der Waals surface area contributed by atoms with Crippen LogP contribution in [0.2, 0.25) is 0 Å². The molecule has 1 unspecified atom stereocenters. The molecule has 3 aromatic heterocycles. The number of rotatable bonds is 4. The summed E-state index contributed by atoms with van der Waals surface area (Å²) in [5.41, 5.74) is 1.08. The van der Waals surface area contributed by atoms with Crippen molar-refractivity contribution in [1.29, 1.82) is 0 Å². The van der Waals surface area contributed by atoms with Gasteiger partial charge < -0.3 is 15.5 Å². The Bertz CT molecular complexity index is 1240. The van der Waals surface area contributed by atoms with Crippen LogP contribution in [-0.2, 0) is 4.79 Å². The van der Waals surface area contributed by atoms with Crippen molar-refractivity contribution in [3.63, 3.8) is 0 Å². The summed E-state index contributed by atoms with van der Waals surface area (Å²) in [6, 6.07) is 6.51. The first-order valence-electron chi connectivity index (χ1n) is 11.2. The lowest BCUT2D eigenvalue weighted by Gasteiger charge is -2.32. The van der Waals surface area contributed by atoms with Gasteiger partial charge in [0, 0.05) is 31.5 Å². The lowest BCUT2D eigenvalue weighted by molar-refractivity contribution is -0.127. The highest BCUT2D eigenvalue weighted by atomic mass is 32.1. The van der Waals surface area contributed by atoms with E-state index in [9.17, 15) is 14.4 Å². The molecule has 0 bridgehead atoms. The van der Waals surface area contributed by atoms with Crippen LogP contribution < -0.4 is 15.5 Å². The number of piperidine rings is 1. The average Bonchev–Trinajstić information content (AvgIpc) is 3.25.